The summed E-state index contributed by atoms with van der Waals surface area (Å²) in [5.74, 6) is -0.269. The van der Waals surface area contributed by atoms with Crippen LogP contribution in [0.4, 0.5) is 4.79 Å². The number of aromatic nitrogens is 1. The Morgan fingerprint density at radius 2 is 1.67 bits per heavy atom. The van der Waals surface area contributed by atoms with Crippen LogP contribution in [0.15, 0.2) is 77.7 Å². The van der Waals surface area contributed by atoms with E-state index in [1.54, 1.807) is 12.1 Å². The van der Waals surface area contributed by atoms with Gasteiger partial charge in [0, 0.05) is 21.8 Å². The molecule has 1 saturated heterocycles. The van der Waals surface area contributed by atoms with Crippen molar-refractivity contribution in [2.24, 2.45) is 0 Å². The van der Waals surface area contributed by atoms with Gasteiger partial charge in [0.2, 0.25) is 0 Å². The highest BCUT2D eigenvalue weighted by Crippen LogP contribution is 2.35. The number of nitrogens with zero attached hydrogens (tertiary/aromatic N) is 2. The lowest BCUT2D eigenvalue weighted by atomic mass is 10.1. The smallest absolute Gasteiger partial charge is 0.293 e. The molecular weight excluding hydrogens is 452 g/mol. The molecule has 3 aromatic carbocycles. The van der Waals surface area contributed by atoms with E-state index in [2.05, 4.69) is 47.9 Å². The molecule has 0 N–H and O–H groups in total. The largest absolute Gasteiger partial charge is 0.317 e. The zero-order valence-corrected chi connectivity index (χ0v) is 19.8. The lowest BCUT2D eigenvalue weighted by molar-refractivity contribution is -0.123. The second-order valence-electron chi connectivity index (χ2n) is 8.05. The second kappa shape index (κ2) is 8.58. The molecule has 0 unspecified atom stereocenters. The van der Waals surface area contributed by atoms with Crippen LogP contribution in [0.25, 0.3) is 22.5 Å². The molecule has 1 aliphatic heterocycles. The molecular formula is C27H21ClN2O2S. The Hall–Kier alpha value is -3.28. The van der Waals surface area contributed by atoms with Gasteiger partial charge in [-0.15, -0.1) is 0 Å². The number of rotatable bonds is 4. The zero-order valence-electron chi connectivity index (χ0n) is 18.2. The molecule has 0 atom stereocenters. The number of amides is 2. The van der Waals surface area contributed by atoms with Crippen molar-refractivity contribution in [1.82, 2.24) is 9.47 Å². The Morgan fingerprint density at radius 1 is 0.939 bits per heavy atom. The van der Waals surface area contributed by atoms with E-state index in [1.807, 2.05) is 37.3 Å². The fraction of sp³-hybridized carbons (Fsp3) is 0.111. The van der Waals surface area contributed by atoms with Gasteiger partial charge in [-0.05, 0) is 72.5 Å². The van der Waals surface area contributed by atoms with E-state index < -0.39 is 0 Å². The van der Waals surface area contributed by atoms with Crippen LogP contribution < -0.4 is 0 Å². The summed E-state index contributed by atoms with van der Waals surface area (Å²) < 4.78 is 2.20. The van der Waals surface area contributed by atoms with Gasteiger partial charge in [-0.1, -0.05) is 60.1 Å². The van der Waals surface area contributed by atoms with Gasteiger partial charge in [-0.3, -0.25) is 14.5 Å². The fourth-order valence-corrected chi connectivity index (χ4v) is 5.21. The quantitative estimate of drug-likeness (QED) is 0.296. The number of fused-ring (bicyclic) bond motifs is 1. The molecule has 6 heteroatoms. The van der Waals surface area contributed by atoms with Crippen LogP contribution in [0.5, 0.6) is 0 Å². The number of carbonyl (C=O) groups excluding carboxylic acids is 2. The molecule has 1 aromatic heterocycles. The summed E-state index contributed by atoms with van der Waals surface area (Å²) in [4.78, 5) is 27.3. The lowest BCUT2D eigenvalue weighted by Gasteiger charge is -2.13. The molecule has 2 amide bonds. The molecule has 1 fully saturated rings. The number of halogens is 1. The molecule has 4 aromatic rings. The molecule has 0 spiro atoms. The topological polar surface area (TPSA) is 42.3 Å². The highest BCUT2D eigenvalue weighted by Gasteiger charge is 2.35. The summed E-state index contributed by atoms with van der Waals surface area (Å²) in [5, 5.41) is 2.70. The third-order valence-electron chi connectivity index (χ3n) is 5.89. The molecule has 164 valence electrons. The van der Waals surface area contributed by atoms with E-state index in [0.29, 0.717) is 9.93 Å². The van der Waals surface area contributed by atoms with Gasteiger partial charge in [0.05, 0.1) is 17.1 Å². The fourth-order valence-electron chi connectivity index (χ4n) is 4.26. The maximum Gasteiger partial charge on any atom is 0.293 e. The highest BCUT2D eigenvalue weighted by atomic mass is 35.5. The number of thioether (sulfide) groups is 1. The van der Waals surface area contributed by atoms with E-state index >= 15 is 0 Å². The van der Waals surface area contributed by atoms with Crippen LogP contribution in [0.3, 0.4) is 0 Å². The second-order valence-corrected chi connectivity index (χ2v) is 9.48. The van der Waals surface area contributed by atoms with E-state index in [1.165, 1.54) is 10.3 Å². The maximum absolute atomic E-state index is 13.0. The maximum atomic E-state index is 13.0. The Bertz CT molecular complexity index is 1430. The summed E-state index contributed by atoms with van der Waals surface area (Å²) in [6, 6.07) is 23.8. The van der Waals surface area contributed by atoms with Crippen molar-refractivity contribution in [3.8, 4) is 5.69 Å². The Labute approximate surface area is 201 Å². The van der Waals surface area contributed by atoms with Gasteiger partial charge in [0.15, 0.2) is 0 Å². The van der Waals surface area contributed by atoms with Crippen LogP contribution in [0.1, 0.15) is 22.5 Å². The van der Waals surface area contributed by atoms with Crippen molar-refractivity contribution >= 4 is 51.4 Å². The molecule has 0 aliphatic carbocycles. The highest BCUT2D eigenvalue weighted by molar-refractivity contribution is 8.18. The van der Waals surface area contributed by atoms with Crippen LogP contribution >= 0.6 is 23.4 Å². The summed E-state index contributed by atoms with van der Waals surface area (Å²) in [5.41, 5.74) is 4.97. The van der Waals surface area contributed by atoms with Crippen molar-refractivity contribution in [3.63, 3.8) is 0 Å². The van der Waals surface area contributed by atoms with Gasteiger partial charge in [0.25, 0.3) is 11.1 Å². The third-order valence-corrected chi connectivity index (χ3v) is 7.05. The number of carbonyl (C=O) groups is 2. The number of hydrogen-bond donors (Lipinski definition) is 0. The molecule has 0 radical (unpaired) electrons. The number of hydrogen-bond acceptors (Lipinski definition) is 3. The summed E-state index contributed by atoms with van der Waals surface area (Å²) in [6.07, 6.45) is 1.83. The summed E-state index contributed by atoms with van der Waals surface area (Å²) >= 11 is 6.93. The summed E-state index contributed by atoms with van der Waals surface area (Å²) in [6.45, 7) is 4.32. The van der Waals surface area contributed by atoms with Crippen molar-refractivity contribution in [2.75, 3.05) is 0 Å². The van der Waals surface area contributed by atoms with Gasteiger partial charge in [-0.2, -0.15) is 0 Å². The van der Waals surface area contributed by atoms with Crippen molar-refractivity contribution in [3.05, 3.63) is 105 Å². The van der Waals surface area contributed by atoms with Crippen molar-refractivity contribution < 1.29 is 9.59 Å². The first-order valence-corrected chi connectivity index (χ1v) is 11.8. The third kappa shape index (κ3) is 3.99. The zero-order chi connectivity index (χ0) is 23.1. The molecule has 4 nitrogen and oxygen atoms in total. The summed E-state index contributed by atoms with van der Waals surface area (Å²) in [7, 11) is 0. The van der Waals surface area contributed by atoms with E-state index in [4.69, 9.17) is 11.6 Å². The Kier molecular flexibility index (Phi) is 5.60. The number of imide groups is 1. The minimum atomic E-state index is -0.269. The monoisotopic (exact) mass is 472 g/mol. The van der Waals surface area contributed by atoms with Gasteiger partial charge in [-0.25, -0.2) is 0 Å². The van der Waals surface area contributed by atoms with E-state index in [0.717, 1.165) is 45.4 Å². The Balaban J connectivity index is 1.48. The van der Waals surface area contributed by atoms with E-state index in [-0.39, 0.29) is 17.7 Å². The van der Waals surface area contributed by atoms with Gasteiger partial charge in [0.1, 0.15) is 0 Å². The first-order chi connectivity index (χ1) is 15.9. The molecule has 5 rings (SSSR count). The first-order valence-electron chi connectivity index (χ1n) is 10.6. The van der Waals surface area contributed by atoms with Gasteiger partial charge >= 0.3 is 0 Å². The average Bonchev–Trinajstić information content (AvgIpc) is 3.24. The standard InChI is InChI=1S/C27H21ClN2O2S/c1-17-14-21(18(2)30(17)24-9-5-7-20-6-3-4-8-23(20)24)15-25-26(31)29(27(32)33-25)16-19-10-12-22(28)13-11-19/h3-15H,16H2,1-2H3/b25-15-. The SMILES string of the molecule is Cc1cc(/C=C2\SC(=O)N(Cc3ccc(Cl)cc3)C2=O)c(C)n1-c1cccc2ccccc12. The van der Waals surface area contributed by atoms with Crippen LogP contribution in [-0.4, -0.2) is 20.6 Å². The van der Waals surface area contributed by atoms with Crippen LogP contribution in [-0.2, 0) is 11.3 Å². The first kappa shape index (κ1) is 21.6. The van der Waals surface area contributed by atoms with Crippen molar-refractivity contribution in [2.45, 2.75) is 20.4 Å². The molecule has 0 saturated carbocycles. The normalized spacial score (nSPS) is 15.2. The van der Waals surface area contributed by atoms with Crippen LogP contribution in [0.2, 0.25) is 5.02 Å². The van der Waals surface area contributed by atoms with E-state index in [9.17, 15) is 9.59 Å². The molecule has 1 aliphatic rings. The average molecular weight is 473 g/mol. The minimum absolute atomic E-state index is 0.230. The predicted molar refractivity (Wildman–Crippen MR) is 136 cm³/mol. The Morgan fingerprint density at radius 3 is 2.45 bits per heavy atom. The molecule has 33 heavy (non-hydrogen) atoms. The molecule has 2 heterocycles. The molecule has 0 bridgehead atoms. The predicted octanol–water partition coefficient (Wildman–Crippen LogP) is 7.14. The number of benzene rings is 3. The van der Waals surface area contributed by atoms with Crippen LogP contribution in [0, 0.1) is 13.8 Å². The van der Waals surface area contributed by atoms with Crippen molar-refractivity contribution in [1.29, 1.82) is 0 Å². The van der Waals surface area contributed by atoms with Gasteiger partial charge < -0.3 is 4.57 Å². The minimum Gasteiger partial charge on any atom is -0.317 e. The lowest BCUT2D eigenvalue weighted by Crippen LogP contribution is -2.27. The number of aryl methyl sites for hydroxylation is 1.